The number of nitrogens with two attached hydrogens (primary N) is 1. The van der Waals surface area contributed by atoms with Gasteiger partial charge in [0, 0.05) is 10.9 Å². The van der Waals surface area contributed by atoms with Crippen LogP contribution in [0.25, 0.3) is 0 Å². The molecule has 0 radical (unpaired) electrons. The molecule has 1 amide bonds. The molecule has 0 saturated heterocycles. The van der Waals surface area contributed by atoms with Crippen molar-refractivity contribution < 1.29 is 14.3 Å². The van der Waals surface area contributed by atoms with Crippen molar-refractivity contribution in [1.29, 1.82) is 0 Å². The van der Waals surface area contributed by atoms with E-state index >= 15 is 0 Å². The fourth-order valence-electron chi connectivity index (χ4n) is 1.32. The first-order valence-electron chi connectivity index (χ1n) is 5.35. The number of primary amides is 1. The molecule has 17 heavy (non-hydrogen) atoms. The van der Waals surface area contributed by atoms with E-state index in [4.69, 9.17) is 15.2 Å². The summed E-state index contributed by atoms with van der Waals surface area (Å²) < 4.78 is 10.7. The normalized spacial score (nSPS) is 10.0. The maximum Gasteiger partial charge on any atom is 0.248 e. The SMILES string of the molecule is COc1cc(C(N)=O)ccc1OCCCCBr. The minimum atomic E-state index is -0.478. The molecule has 94 valence electrons. The van der Waals surface area contributed by atoms with Crippen LogP contribution in [-0.4, -0.2) is 25.0 Å². The largest absolute Gasteiger partial charge is 0.493 e. The highest BCUT2D eigenvalue weighted by Gasteiger charge is 2.08. The highest BCUT2D eigenvalue weighted by atomic mass is 79.9. The Balaban J connectivity index is 2.68. The van der Waals surface area contributed by atoms with Crippen LogP contribution in [0.5, 0.6) is 11.5 Å². The molecule has 0 aliphatic carbocycles. The summed E-state index contributed by atoms with van der Waals surface area (Å²) in [5, 5.41) is 0.966. The molecule has 0 saturated carbocycles. The summed E-state index contributed by atoms with van der Waals surface area (Å²) in [5.74, 6) is 0.682. The Kier molecular flexibility index (Phi) is 5.83. The Morgan fingerprint density at radius 3 is 2.71 bits per heavy atom. The zero-order valence-corrected chi connectivity index (χ0v) is 11.3. The summed E-state index contributed by atoms with van der Waals surface area (Å²) in [4.78, 5) is 11.0. The number of ether oxygens (including phenoxy) is 2. The van der Waals surface area contributed by atoms with Crippen molar-refractivity contribution in [2.45, 2.75) is 12.8 Å². The number of carbonyl (C=O) groups is 1. The van der Waals surface area contributed by atoms with Crippen molar-refractivity contribution in [3.05, 3.63) is 23.8 Å². The van der Waals surface area contributed by atoms with Crippen molar-refractivity contribution in [3.8, 4) is 11.5 Å². The third kappa shape index (κ3) is 4.26. The third-order valence-electron chi connectivity index (χ3n) is 2.23. The van der Waals surface area contributed by atoms with E-state index in [1.807, 2.05) is 0 Å². The van der Waals surface area contributed by atoms with E-state index in [0.29, 0.717) is 23.7 Å². The number of amides is 1. The van der Waals surface area contributed by atoms with Crippen molar-refractivity contribution >= 4 is 21.8 Å². The van der Waals surface area contributed by atoms with Gasteiger partial charge in [0.05, 0.1) is 13.7 Å². The van der Waals surface area contributed by atoms with E-state index in [9.17, 15) is 4.79 Å². The number of hydrogen-bond acceptors (Lipinski definition) is 3. The molecule has 5 heteroatoms. The lowest BCUT2D eigenvalue weighted by molar-refractivity contribution is 0.1000. The van der Waals surface area contributed by atoms with Crippen LogP contribution in [0.2, 0.25) is 0 Å². The Hall–Kier alpha value is -1.23. The minimum absolute atomic E-state index is 0.412. The molecular weight excluding hydrogens is 286 g/mol. The number of benzene rings is 1. The molecule has 2 N–H and O–H groups in total. The Labute approximate surface area is 109 Å². The van der Waals surface area contributed by atoms with Crippen molar-refractivity contribution in [3.63, 3.8) is 0 Å². The third-order valence-corrected chi connectivity index (χ3v) is 2.79. The molecule has 0 bridgehead atoms. The second kappa shape index (κ2) is 7.17. The van der Waals surface area contributed by atoms with E-state index in [1.165, 1.54) is 7.11 Å². The predicted octanol–water partition coefficient (Wildman–Crippen LogP) is 2.35. The van der Waals surface area contributed by atoms with Crippen LogP contribution in [0.1, 0.15) is 23.2 Å². The molecule has 0 unspecified atom stereocenters. The smallest absolute Gasteiger partial charge is 0.248 e. The Morgan fingerprint density at radius 1 is 1.35 bits per heavy atom. The van der Waals surface area contributed by atoms with Crippen molar-refractivity contribution in [1.82, 2.24) is 0 Å². The van der Waals surface area contributed by atoms with Crippen LogP contribution in [0.3, 0.4) is 0 Å². The number of carbonyl (C=O) groups excluding carboxylic acids is 1. The maximum atomic E-state index is 11.0. The molecule has 1 aromatic rings. The van der Waals surface area contributed by atoms with E-state index in [-0.39, 0.29) is 0 Å². The van der Waals surface area contributed by atoms with Gasteiger partial charge < -0.3 is 15.2 Å². The topological polar surface area (TPSA) is 61.5 Å². The van der Waals surface area contributed by atoms with Gasteiger partial charge in [-0.1, -0.05) is 15.9 Å². The van der Waals surface area contributed by atoms with E-state index in [0.717, 1.165) is 18.2 Å². The molecule has 0 spiro atoms. The number of unbranched alkanes of at least 4 members (excludes halogenated alkanes) is 1. The van der Waals surface area contributed by atoms with E-state index in [2.05, 4.69) is 15.9 Å². The van der Waals surface area contributed by atoms with Gasteiger partial charge in [-0.05, 0) is 31.0 Å². The summed E-state index contributed by atoms with van der Waals surface area (Å²) >= 11 is 3.36. The van der Waals surface area contributed by atoms with Crippen LogP contribution in [0.4, 0.5) is 0 Å². The molecule has 0 heterocycles. The fraction of sp³-hybridized carbons (Fsp3) is 0.417. The zero-order valence-electron chi connectivity index (χ0n) is 9.74. The first kappa shape index (κ1) is 13.8. The van der Waals surface area contributed by atoms with Gasteiger partial charge in [-0.25, -0.2) is 0 Å². The van der Waals surface area contributed by atoms with E-state index in [1.54, 1.807) is 18.2 Å². The average Bonchev–Trinajstić information content (AvgIpc) is 2.34. The van der Waals surface area contributed by atoms with Crippen molar-refractivity contribution in [2.75, 3.05) is 19.0 Å². The summed E-state index contributed by atoms with van der Waals surface area (Å²) in [6.07, 6.45) is 2.02. The van der Waals surface area contributed by atoms with Crippen LogP contribution < -0.4 is 15.2 Å². The number of halogens is 1. The Bertz CT molecular complexity index is 382. The summed E-state index contributed by atoms with van der Waals surface area (Å²) in [6, 6.07) is 4.92. The minimum Gasteiger partial charge on any atom is -0.493 e. The first-order chi connectivity index (χ1) is 8.19. The lowest BCUT2D eigenvalue weighted by Gasteiger charge is -2.11. The lowest BCUT2D eigenvalue weighted by atomic mass is 10.2. The second-order valence-corrected chi connectivity index (χ2v) is 4.27. The van der Waals surface area contributed by atoms with Gasteiger partial charge in [0.15, 0.2) is 11.5 Å². The van der Waals surface area contributed by atoms with Gasteiger partial charge in [-0.2, -0.15) is 0 Å². The zero-order chi connectivity index (χ0) is 12.7. The Morgan fingerprint density at radius 2 is 2.12 bits per heavy atom. The van der Waals surface area contributed by atoms with Crippen molar-refractivity contribution in [2.24, 2.45) is 5.73 Å². The van der Waals surface area contributed by atoms with Gasteiger partial charge in [-0.15, -0.1) is 0 Å². The fourth-order valence-corrected chi connectivity index (χ4v) is 1.72. The monoisotopic (exact) mass is 301 g/mol. The number of methoxy groups -OCH3 is 1. The standard InChI is InChI=1S/C12H16BrNO3/c1-16-11-8-9(12(14)15)4-5-10(11)17-7-3-2-6-13/h4-5,8H,2-3,6-7H2,1H3,(H2,14,15). The summed E-state index contributed by atoms with van der Waals surface area (Å²) in [6.45, 7) is 0.623. The number of hydrogen-bond donors (Lipinski definition) is 1. The molecule has 0 aliphatic rings. The lowest BCUT2D eigenvalue weighted by Crippen LogP contribution is -2.11. The average molecular weight is 302 g/mol. The molecule has 0 aliphatic heterocycles. The summed E-state index contributed by atoms with van der Waals surface area (Å²) in [7, 11) is 1.53. The molecule has 4 nitrogen and oxygen atoms in total. The first-order valence-corrected chi connectivity index (χ1v) is 6.47. The quantitative estimate of drug-likeness (QED) is 0.621. The number of rotatable bonds is 7. The van der Waals surface area contributed by atoms with Crippen LogP contribution in [0.15, 0.2) is 18.2 Å². The van der Waals surface area contributed by atoms with Gasteiger partial charge in [0.1, 0.15) is 0 Å². The molecule has 0 atom stereocenters. The maximum absolute atomic E-state index is 11.0. The molecule has 0 fully saturated rings. The van der Waals surface area contributed by atoms with Gasteiger partial charge in [0.2, 0.25) is 5.91 Å². The predicted molar refractivity (Wildman–Crippen MR) is 70.0 cm³/mol. The second-order valence-electron chi connectivity index (χ2n) is 3.47. The van der Waals surface area contributed by atoms with E-state index < -0.39 is 5.91 Å². The molecule has 1 aromatic carbocycles. The van der Waals surface area contributed by atoms with Gasteiger partial charge in [0.25, 0.3) is 0 Å². The van der Waals surface area contributed by atoms with Crippen LogP contribution in [0, 0.1) is 0 Å². The van der Waals surface area contributed by atoms with Gasteiger partial charge >= 0.3 is 0 Å². The summed E-state index contributed by atoms with van der Waals surface area (Å²) in [5.41, 5.74) is 5.60. The highest BCUT2D eigenvalue weighted by Crippen LogP contribution is 2.28. The number of alkyl halides is 1. The van der Waals surface area contributed by atoms with Crippen LogP contribution in [-0.2, 0) is 0 Å². The molecular formula is C12H16BrNO3. The van der Waals surface area contributed by atoms with Gasteiger partial charge in [-0.3, -0.25) is 4.79 Å². The molecule has 1 rings (SSSR count). The highest BCUT2D eigenvalue weighted by molar-refractivity contribution is 9.09. The molecule has 0 aromatic heterocycles. The van der Waals surface area contributed by atoms with Crippen LogP contribution >= 0.6 is 15.9 Å².